The summed E-state index contributed by atoms with van der Waals surface area (Å²) in [7, 11) is 0. The molecule has 0 radical (unpaired) electrons. The van der Waals surface area contributed by atoms with Crippen molar-refractivity contribution >= 4 is 40.9 Å². The molecule has 1 aromatic heterocycles. The molecule has 1 aliphatic rings. The number of carbonyl (C=O) groups excluding carboxylic acids is 2. The quantitative estimate of drug-likeness (QED) is 0.459. The molecule has 1 saturated heterocycles. The molecule has 8 heteroatoms. The van der Waals surface area contributed by atoms with Crippen molar-refractivity contribution < 1.29 is 24.2 Å². The van der Waals surface area contributed by atoms with E-state index in [1.165, 1.54) is 0 Å². The second-order valence-electron chi connectivity index (χ2n) is 9.20. The summed E-state index contributed by atoms with van der Waals surface area (Å²) in [5.74, 6) is 0.305. The van der Waals surface area contributed by atoms with Crippen molar-refractivity contribution in [3.8, 4) is 0 Å². The van der Waals surface area contributed by atoms with Gasteiger partial charge in [-0.3, -0.25) is 9.59 Å². The minimum Gasteiger partial charge on any atom is -0.455 e. The largest absolute Gasteiger partial charge is 0.455 e. The van der Waals surface area contributed by atoms with Crippen LogP contribution in [0.15, 0.2) is 11.0 Å². The van der Waals surface area contributed by atoms with Gasteiger partial charge >= 0.3 is 5.97 Å². The Kier molecular flexibility index (Phi) is 15.7. The number of rotatable bonds is 4. The van der Waals surface area contributed by atoms with E-state index in [2.05, 4.69) is 11.2 Å². The number of nitrogens with zero attached hydrogens (tertiary/aromatic N) is 1. The van der Waals surface area contributed by atoms with E-state index in [9.17, 15) is 14.7 Å². The first-order valence-electron chi connectivity index (χ1n) is 12.8. The van der Waals surface area contributed by atoms with Gasteiger partial charge < -0.3 is 14.6 Å². The molecule has 0 saturated carbocycles. The topological polar surface area (TPSA) is 85.7 Å². The SMILES string of the molecule is CC.CSCc1nc(/C=C(\C)C2COC(C)CCC[C@H](C)C(O)CC(=O)C(C)CCC(=O)O2)cs1. The van der Waals surface area contributed by atoms with E-state index in [1.807, 2.05) is 53.0 Å². The van der Waals surface area contributed by atoms with Gasteiger partial charge in [0.25, 0.3) is 0 Å². The van der Waals surface area contributed by atoms with Gasteiger partial charge in [-0.2, -0.15) is 11.8 Å². The van der Waals surface area contributed by atoms with E-state index in [0.717, 1.165) is 41.3 Å². The highest BCUT2D eigenvalue weighted by molar-refractivity contribution is 7.97. The summed E-state index contributed by atoms with van der Waals surface area (Å²) in [6.07, 6.45) is 6.17. The van der Waals surface area contributed by atoms with Crippen LogP contribution in [0.25, 0.3) is 6.08 Å². The molecule has 0 bridgehead atoms. The fourth-order valence-electron chi connectivity index (χ4n) is 3.74. The number of ether oxygens (including phenoxy) is 2. The monoisotopic (exact) mass is 527 g/mol. The van der Waals surface area contributed by atoms with Crippen molar-refractivity contribution in [2.45, 2.75) is 104 Å². The third kappa shape index (κ3) is 12.0. The molecular weight excluding hydrogens is 482 g/mol. The number of cyclic esters (lactones) is 1. The molecule has 5 atom stereocenters. The zero-order valence-corrected chi connectivity index (χ0v) is 24.2. The van der Waals surface area contributed by atoms with Crippen LogP contribution in [0.4, 0.5) is 0 Å². The highest BCUT2D eigenvalue weighted by atomic mass is 32.2. The Morgan fingerprint density at radius 2 is 1.94 bits per heavy atom. The van der Waals surface area contributed by atoms with Gasteiger partial charge in [0.05, 0.1) is 24.5 Å². The lowest BCUT2D eigenvalue weighted by Crippen LogP contribution is -2.29. The van der Waals surface area contributed by atoms with Crippen LogP contribution in [0.5, 0.6) is 0 Å². The number of hydrogen-bond acceptors (Lipinski definition) is 8. The van der Waals surface area contributed by atoms with Gasteiger partial charge in [0.1, 0.15) is 16.9 Å². The molecule has 1 fully saturated rings. The van der Waals surface area contributed by atoms with Crippen LogP contribution >= 0.6 is 23.1 Å². The van der Waals surface area contributed by atoms with Gasteiger partial charge in [-0.05, 0) is 56.9 Å². The maximum atomic E-state index is 12.6. The number of ketones is 1. The first-order valence-corrected chi connectivity index (χ1v) is 15.1. The minimum atomic E-state index is -0.643. The predicted octanol–water partition coefficient (Wildman–Crippen LogP) is 6.31. The molecule has 35 heavy (non-hydrogen) atoms. The molecule has 1 aliphatic heterocycles. The summed E-state index contributed by atoms with van der Waals surface area (Å²) in [6, 6.07) is 0. The van der Waals surface area contributed by atoms with E-state index in [0.29, 0.717) is 6.42 Å². The number of carbonyl (C=O) groups is 2. The van der Waals surface area contributed by atoms with Crippen LogP contribution < -0.4 is 0 Å². The van der Waals surface area contributed by atoms with Gasteiger partial charge in [-0.1, -0.05) is 34.1 Å². The molecule has 0 spiro atoms. The predicted molar refractivity (Wildman–Crippen MR) is 147 cm³/mol. The lowest BCUT2D eigenvalue weighted by molar-refractivity contribution is -0.151. The molecule has 6 nitrogen and oxygen atoms in total. The lowest BCUT2D eigenvalue weighted by atomic mass is 9.89. The fraction of sp³-hybridized carbons (Fsp3) is 0.741. The maximum Gasteiger partial charge on any atom is 0.306 e. The summed E-state index contributed by atoms with van der Waals surface area (Å²) in [5, 5.41) is 13.5. The molecule has 4 unspecified atom stereocenters. The highest BCUT2D eigenvalue weighted by Crippen LogP contribution is 2.22. The Labute approximate surface area is 220 Å². The fourth-order valence-corrected chi connectivity index (χ4v) is 5.21. The zero-order chi connectivity index (χ0) is 26.4. The molecule has 200 valence electrons. The van der Waals surface area contributed by atoms with Crippen LogP contribution in [0.1, 0.15) is 90.8 Å². The summed E-state index contributed by atoms with van der Waals surface area (Å²) in [6.45, 7) is 12.0. The van der Waals surface area contributed by atoms with Crippen LogP contribution in [0.2, 0.25) is 0 Å². The molecule has 1 aromatic rings. The third-order valence-corrected chi connectivity index (χ3v) is 7.81. The number of thiazole rings is 1. The van der Waals surface area contributed by atoms with E-state index in [-0.39, 0.29) is 49.1 Å². The standard InChI is InChI=1S/C25H39NO5S2.C2H6/c1-16-7-6-8-19(4)30-13-23(18(3)11-20-14-33-24(26-20)15-32-5)31-25(29)10-9-17(2)22(28)12-21(16)27;1-2/h11,14,16-17,19,21,23,27H,6-10,12-13,15H2,1-5H3;1-2H3/b18-11+;/t16-,17?,19?,21?,23?;/m0./s1. The van der Waals surface area contributed by atoms with Gasteiger partial charge in [0.15, 0.2) is 0 Å². The number of aromatic nitrogens is 1. The minimum absolute atomic E-state index is 0.00292. The van der Waals surface area contributed by atoms with Gasteiger partial charge in [0.2, 0.25) is 0 Å². The second-order valence-corrected chi connectivity index (χ2v) is 11.0. The average Bonchev–Trinajstić information content (AvgIpc) is 3.27. The van der Waals surface area contributed by atoms with E-state index >= 15 is 0 Å². The maximum absolute atomic E-state index is 12.6. The summed E-state index contributed by atoms with van der Waals surface area (Å²) < 4.78 is 11.8. The molecule has 0 aliphatic carbocycles. The van der Waals surface area contributed by atoms with Crippen molar-refractivity contribution in [3.05, 3.63) is 21.7 Å². The van der Waals surface area contributed by atoms with Gasteiger partial charge in [-0.15, -0.1) is 11.3 Å². The first-order chi connectivity index (χ1) is 16.7. The smallest absolute Gasteiger partial charge is 0.306 e. The Hall–Kier alpha value is -1.22. The average molecular weight is 528 g/mol. The van der Waals surface area contributed by atoms with Gasteiger partial charge in [0, 0.05) is 29.9 Å². The molecule has 2 rings (SSSR count). The Morgan fingerprint density at radius 3 is 2.63 bits per heavy atom. The Morgan fingerprint density at radius 1 is 1.23 bits per heavy atom. The summed E-state index contributed by atoms with van der Waals surface area (Å²) in [4.78, 5) is 29.7. The number of Topliss-reactive ketones (excluding diaryl/α,β-unsaturated/α-hetero) is 1. The number of aliphatic hydroxyl groups excluding tert-OH is 1. The van der Waals surface area contributed by atoms with Crippen molar-refractivity contribution in [2.24, 2.45) is 11.8 Å². The molecule has 0 aromatic carbocycles. The first kappa shape index (κ1) is 31.8. The van der Waals surface area contributed by atoms with Gasteiger partial charge in [-0.25, -0.2) is 4.98 Å². The number of thioether (sulfide) groups is 1. The van der Waals surface area contributed by atoms with Crippen LogP contribution in [0, 0.1) is 11.8 Å². The van der Waals surface area contributed by atoms with Crippen molar-refractivity contribution in [1.29, 1.82) is 0 Å². The second kappa shape index (κ2) is 17.3. The Bertz CT molecular complexity index is 794. The van der Waals surface area contributed by atoms with Crippen molar-refractivity contribution in [1.82, 2.24) is 4.98 Å². The molecule has 2 heterocycles. The lowest BCUT2D eigenvalue weighted by Gasteiger charge is -2.24. The normalized spacial score (nSPS) is 28.1. The van der Waals surface area contributed by atoms with E-state index < -0.39 is 12.2 Å². The summed E-state index contributed by atoms with van der Waals surface area (Å²) in [5.41, 5.74) is 1.75. The van der Waals surface area contributed by atoms with Crippen molar-refractivity contribution in [3.63, 3.8) is 0 Å². The van der Waals surface area contributed by atoms with Crippen molar-refractivity contribution in [2.75, 3.05) is 12.9 Å². The number of hydrogen-bond donors (Lipinski definition) is 1. The zero-order valence-electron chi connectivity index (χ0n) is 22.5. The van der Waals surface area contributed by atoms with E-state index in [1.54, 1.807) is 23.1 Å². The summed E-state index contributed by atoms with van der Waals surface area (Å²) >= 11 is 3.36. The molecule has 1 N–H and O–H groups in total. The number of aliphatic hydroxyl groups is 1. The third-order valence-electron chi connectivity index (χ3n) is 6.19. The van der Waals surface area contributed by atoms with Crippen LogP contribution in [0.3, 0.4) is 0 Å². The Balaban J connectivity index is 0.00000298. The van der Waals surface area contributed by atoms with Crippen LogP contribution in [-0.4, -0.2) is 53.0 Å². The van der Waals surface area contributed by atoms with Crippen LogP contribution in [-0.2, 0) is 24.8 Å². The molecular formula is C27H45NO5S2. The van der Waals surface area contributed by atoms with E-state index in [4.69, 9.17) is 9.47 Å². The number of esters is 1. The highest BCUT2D eigenvalue weighted by Gasteiger charge is 2.24. The molecule has 0 amide bonds.